The number of amides is 2. The summed E-state index contributed by atoms with van der Waals surface area (Å²) in [6.45, 7) is 11.9. The zero-order valence-corrected chi connectivity index (χ0v) is 16.2. The van der Waals surface area contributed by atoms with Crippen molar-refractivity contribution in [2.24, 2.45) is 0 Å². The molecule has 0 aliphatic carbocycles. The van der Waals surface area contributed by atoms with Crippen LogP contribution in [0.4, 0.5) is 9.93 Å². The highest BCUT2D eigenvalue weighted by molar-refractivity contribution is 7.13. The molecule has 7 nitrogen and oxygen atoms in total. The molecule has 9 heteroatoms. The molecule has 0 spiro atoms. The van der Waals surface area contributed by atoms with Crippen LogP contribution in [-0.4, -0.2) is 43.1 Å². The fourth-order valence-electron chi connectivity index (χ4n) is 1.50. The Labute approximate surface area is 141 Å². The van der Waals surface area contributed by atoms with Crippen molar-refractivity contribution in [2.75, 3.05) is 11.9 Å². The molecule has 1 heterocycles. The zero-order valence-electron chi connectivity index (χ0n) is 14.4. The van der Waals surface area contributed by atoms with Crippen LogP contribution in [0.3, 0.4) is 0 Å². The Balaban J connectivity index is 2.86. The van der Waals surface area contributed by atoms with Crippen molar-refractivity contribution in [2.45, 2.75) is 51.9 Å². The van der Waals surface area contributed by atoms with Crippen LogP contribution >= 0.6 is 11.3 Å². The largest absolute Gasteiger partial charge is 0.465 e. The van der Waals surface area contributed by atoms with E-state index in [0.29, 0.717) is 5.13 Å². The Morgan fingerprint density at radius 2 is 2.04 bits per heavy atom. The SMILES string of the molecule is Cc1csc(NC(=O)C(CNC(=O)O)O[Si](C)(C)C(C)(C)C)n1. The molecular weight excluding hydrogens is 334 g/mol. The lowest BCUT2D eigenvalue weighted by Gasteiger charge is -2.38. The van der Waals surface area contributed by atoms with E-state index in [1.165, 1.54) is 11.3 Å². The van der Waals surface area contributed by atoms with E-state index in [-0.39, 0.29) is 11.6 Å². The molecule has 1 rings (SSSR count). The lowest BCUT2D eigenvalue weighted by molar-refractivity contribution is -0.123. The molecule has 1 aromatic heterocycles. The average molecular weight is 360 g/mol. The molecule has 0 fully saturated rings. The number of hydrogen-bond donors (Lipinski definition) is 3. The topological polar surface area (TPSA) is 101 Å². The summed E-state index contributed by atoms with van der Waals surface area (Å²) >= 11 is 1.32. The van der Waals surface area contributed by atoms with E-state index in [1.807, 2.05) is 25.4 Å². The Kier molecular flexibility index (Phi) is 6.31. The lowest BCUT2D eigenvalue weighted by Crippen LogP contribution is -2.51. The van der Waals surface area contributed by atoms with Gasteiger partial charge in [0.05, 0.1) is 12.2 Å². The summed E-state index contributed by atoms with van der Waals surface area (Å²) in [5.41, 5.74) is 0.816. The summed E-state index contributed by atoms with van der Waals surface area (Å²) in [5.74, 6) is -0.391. The Morgan fingerprint density at radius 3 is 2.48 bits per heavy atom. The van der Waals surface area contributed by atoms with Crippen LogP contribution in [0.15, 0.2) is 5.38 Å². The van der Waals surface area contributed by atoms with Gasteiger partial charge < -0.3 is 14.8 Å². The zero-order chi connectivity index (χ0) is 17.8. The van der Waals surface area contributed by atoms with Gasteiger partial charge in [0.25, 0.3) is 5.91 Å². The van der Waals surface area contributed by atoms with Gasteiger partial charge in [0.15, 0.2) is 13.4 Å². The monoisotopic (exact) mass is 359 g/mol. The van der Waals surface area contributed by atoms with Crippen molar-refractivity contribution in [3.8, 4) is 0 Å². The minimum atomic E-state index is -2.23. The fraction of sp³-hybridized carbons (Fsp3) is 0.643. The number of rotatable bonds is 6. The number of anilines is 1. The van der Waals surface area contributed by atoms with Gasteiger partial charge in [0, 0.05) is 5.38 Å². The number of aromatic nitrogens is 1. The number of thiazole rings is 1. The van der Waals surface area contributed by atoms with Crippen LogP contribution in [0.2, 0.25) is 18.1 Å². The maximum atomic E-state index is 12.5. The smallest absolute Gasteiger partial charge is 0.404 e. The lowest BCUT2D eigenvalue weighted by atomic mass is 10.2. The van der Waals surface area contributed by atoms with Crippen molar-refractivity contribution < 1.29 is 19.1 Å². The second kappa shape index (κ2) is 7.41. The first-order valence-electron chi connectivity index (χ1n) is 7.30. The van der Waals surface area contributed by atoms with Gasteiger partial charge in [0.2, 0.25) is 0 Å². The van der Waals surface area contributed by atoms with E-state index in [9.17, 15) is 9.59 Å². The molecule has 0 aromatic carbocycles. The highest BCUT2D eigenvalue weighted by Crippen LogP contribution is 2.37. The number of hydrogen-bond acceptors (Lipinski definition) is 5. The van der Waals surface area contributed by atoms with Crippen molar-refractivity contribution in [3.63, 3.8) is 0 Å². The molecule has 130 valence electrons. The van der Waals surface area contributed by atoms with E-state index in [2.05, 4.69) is 36.4 Å². The number of nitrogens with zero attached hydrogens (tertiary/aromatic N) is 1. The van der Waals surface area contributed by atoms with Gasteiger partial charge in [-0.15, -0.1) is 11.3 Å². The first-order chi connectivity index (χ1) is 10.4. The van der Waals surface area contributed by atoms with Gasteiger partial charge in [-0.05, 0) is 25.1 Å². The van der Waals surface area contributed by atoms with E-state index in [1.54, 1.807) is 0 Å². The van der Waals surface area contributed by atoms with E-state index in [4.69, 9.17) is 9.53 Å². The van der Waals surface area contributed by atoms with Crippen molar-refractivity contribution in [1.82, 2.24) is 10.3 Å². The second-order valence-electron chi connectivity index (χ2n) is 6.84. The predicted octanol–water partition coefficient (Wildman–Crippen LogP) is 3.05. The first kappa shape index (κ1) is 19.6. The highest BCUT2D eigenvalue weighted by atomic mass is 32.1. The van der Waals surface area contributed by atoms with Crippen molar-refractivity contribution >= 4 is 36.8 Å². The van der Waals surface area contributed by atoms with Gasteiger partial charge in [-0.25, -0.2) is 9.78 Å². The van der Waals surface area contributed by atoms with Gasteiger partial charge in [-0.1, -0.05) is 20.8 Å². The third-order valence-corrected chi connectivity index (χ3v) is 9.19. The molecule has 0 radical (unpaired) electrons. The highest BCUT2D eigenvalue weighted by Gasteiger charge is 2.40. The molecule has 0 aliphatic heterocycles. The molecule has 1 unspecified atom stereocenters. The maximum Gasteiger partial charge on any atom is 0.404 e. The van der Waals surface area contributed by atoms with E-state index < -0.39 is 26.4 Å². The van der Waals surface area contributed by atoms with Crippen LogP contribution in [0.25, 0.3) is 0 Å². The summed E-state index contributed by atoms with van der Waals surface area (Å²) < 4.78 is 6.07. The quantitative estimate of drug-likeness (QED) is 0.678. The Bertz CT molecular complexity index is 569. The van der Waals surface area contributed by atoms with Gasteiger partial charge in [-0.3, -0.25) is 10.1 Å². The van der Waals surface area contributed by atoms with E-state index >= 15 is 0 Å². The first-order valence-corrected chi connectivity index (χ1v) is 11.1. The number of carbonyl (C=O) groups excluding carboxylic acids is 1. The number of nitrogens with one attached hydrogen (secondary N) is 2. The normalized spacial score (nSPS) is 13.5. The Morgan fingerprint density at radius 1 is 1.43 bits per heavy atom. The van der Waals surface area contributed by atoms with Crippen LogP contribution in [0.5, 0.6) is 0 Å². The maximum absolute atomic E-state index is 12.5. The number of aryl methyl sites for hydroxylation is 1. The molecule has 3 N–H and O–H groups in total. The number of carbonyl (C=O) groups is 2. The third-order valence-electron chi connectivity index (χ3n) is 3.82. The molecule has 0 saturated heterocycles. The summed E-state index contributed by atoms with van der Waals surface area (Å²) in [6.07, 6.45) is -2.08. The van der Waals surface area contributed by atoms with Crippen molar-refractivity contribution in [1.29, 1.82) is 0 Å². The molecule has 0 aliphatic rings. The average Bonchev–Trinajstić information content (AvgIpc) is 2.78. The second-order valence-corrected chi connectivity index (χ2v) is 12.5. The van der Waals surface area contributed by atoms with Crippen LogP contribution in [0.1, 0.15) is 26.5 Å². The van der Waals surface area contributed by atoms with Gasteiger partial charge >= 0.3 is 6.09 Å². The predicted molar refractivity (Wildman–Crippen MR) is 93.6 cm³/mol. The summed E-state index contributed by atoms with van der Waals surface area (Å²) in [6, 6.07) is 0. The third kappa shape index (κ3) is 5.92. The summed E-state index contributed by atoms with van der Waals surface area (Å²) in [5, 5.41) is 15.9. The minimum absolute atomic E-state index is 0.0908. The Hall–Kier alpha value is -1.45. The molecule has 2 amide bonds. The van der Waals surface area contributed by atoms with Crippen molar-refractivity contribution in [3.05, 3.63) is 11.1 Å². The van der Waals surface area contributed by atoms with Crippen LogP contribution in [-0.2, 0) is 9.22 Å². The molecule has 1 aromatic rings. The summed E-state index contributed by atoms with van der Waals surface area (Å²) in [7, 11) is -2.23. The molecule has 23 heavy (non-hydrogen) atoms. The standard InChI is InChI=1S/C14H25N3O4SSi/c1-9-8-22-12(16-9)17-11(18)10(7-15-13(19)20)21-23(5,6)14(2,3)4/h8,10,15H,7H2,1-6H3,(H,19,20)(H,16,17,18). The summed E-state index contributed by atoms with van der Waals surface area (Å²) in [4.78, 5) is 27.4. The molecule has 1 atom stereocenters. The minimum Gasteiger partial charge on any atom is -0.465 e. The fourth-order valence-corrected chi connectivity index (χ4v) is 3.44. The molecule has 0 saturated carbocycles. The molecule has 0 bridgehead atoms. The van der Waals surface area contributed by atoms with Crippen LogP contribution in [0, 0.1) is 6.92 Å². The van der Waals surface area contributed by atoms with Gasteiger partial charge in [0.1, 0.15) is 6.10 Å². The van der Waals surface area contributed by atoms with Crippen LogP contribution < -0.4 is 10.6 Å². The molecular formula is C14H25N3O4SSi. The van der Waals surface area contributed by atoms with E-state index in [0.717, 1.165) is 5.69 Å². The van der Waals surface area contributed by atoms with Gasteiger partial charge in [-0.2, -0.15) is 0 Å². The number of carboxylic acid groups (broad SMARTS) is 1.